The van der Waals surface area contributed by atoms with E-state index in [-0.39, 0.29) is 35.0 Å². The number of aryl methyl sites for hydroxylation is 1. The molecule has 0 radical (unpaired) electrons. The summed E-state index contributed by atoms with van der Waals surface area (Å²) in [5, 5.41) is 11.1. The molecule has 0 saturated heterocycles. The van der Waals surface area contributed by atoms with Crippen molar-refractivity contribution < 1.29 is 22.3 Å². The number of fused-ring (bicyclic) bond motifs is 1. The van der Waals surface area contributed by atoms with Crippen molar-refractivity contribution >= 4 is 11.1 Å². The zero-order chi connectivity index (χ0) is 27.1. The molecule has 8 nitrogen and oxygen atoms in total. The maximum Gasteiger partial charge on any atom is 0.246 e. The Morgan fingerprint density at radius 2 is 1.90 bits per heavy atom. The number of methoxy groups -OCH3 is 1. The number of rotatable bonds is 9. The molecule has 0 bridgehead atoms. The van der Waals surface area contributed by atoms with Gasteiger partial charge in [0.1, 0.15) is 23.4 Å². The Labute approximate surface area is 221 Å². The topological polar surface area (TPSA) is 90.9 Å². The molecule has 200 valence electrons. The van der Waals surface area contributed by atoms with Crippen LogP contribution in [0, 0.1) is 17.5 Å². The molecule has 1 aliphatic rings. The Morgan fingerprint density at radius 3 is 2.64 bits per heavy atom. The molecule has 0 aliphatic heterocycles. The number of oxazole rings is 1. The van der Waals surface area contributed by atoms with Crippen LogP contribution in [0.5, 0.6) is 0 Å². The van der Waals surface area contributed by atoms with Crippen LogP contribution in [0.2, 0.25) is 0 Å². The summed E-state index contributed by atoms with van der Waals surface area (Å²) in [4.78, 5) is 9.22. The number of nitrogens with zero attached hydrogens (tertiary/aromatic N) is 5. The molecule has 0 atom stereocenters. The third-order valence-corrected chi connectivity index (χ3v) is 6.74. The molecule has 3 aromatic heterocycles. The van der Waals surface area contributed by atoms with Crippen molar-refractivity contribution in [3.8, 4) is 34.1 Å². The molecule has 1 aliphatic carbocycles. The largest absolute Gasteiger partial charge is 0.431 e. The maximum atomic E-state index is 15.0. The van der Waals surface area contributed by atoms with Crippen molar-refractivity contribution in [3.63, 3.8) is 0 Å². The Morgan fingerprint density at radius 1 is 1.05 bits per heavy atom. The summed E-state index contributed by atoms with van der Waals surface area (Å²) in [6, 6.07) is 9.66. The van der Waals surface area contributed by atoms with Crippen LogP contribution in [0.4, 0.5) is 13.2 Å². The summed E-state index contributed by atoms with van der Waals surface area (Å²) in [5.41, 5.74) is 3.28. The zero-order valence-corrected chi connectivity index (χ0v) is 21.3. The van der Waals surface area contributed by atoms with E-state index < -0.39 is 17.5 Å². The highest BCUT2D eigenvalue weighted by atomic mass is 19.2. The third-order valence-electron chi connectivity index (χ3n) is 6.74. The molecule has 11 heteroatoms. The van der Waals surface area contributed by atoms with Gasteiger partial charge < -0.3 is 19.0 Å². The number of hydrogen-bond donors (Lipinski definition) is 1. The van der Waals surface area contributed by atoms with Gasteiger partial charge in [-0.25, -0.2) is 18.7 Å². The van der Waals surface area contributed by atoms with Crippen molar-refractivity contribution in [1.29, 1.82) is 0 Å². The SMILES string of the molecule is COCCNCc1cc2nc(-c3cc(-c4ccc(F)cc4-c4nncn4C)cc(C4CC4)n3)oc2c(F)c1F. The first-order valence-corrected chi connectivity index (χ1v) is 12.6. The molecule has 6 rings (SSSR count). The molecule has 1 fully saturated rings. The summed E-state index contributed by atoms with van der Waals surface area (Å²) in [6.45, 7) is 1.04. The van der Waals surface area contributed by atoms with Gasteiger partial charge in [-0.15, -0.1) is 10.2 Å². The van der Waals surface area contributed by atoms with Gasteiger partial charge in [0, 0.05) is 50.0 Å². The Kier molecular flexibility index (Phi) is 6.61. The lowest BCUT2D eigenvalue weighted by Gasteiger charge is -2.12. The molecular weight excluding hydrogens is 509 g/mol. The lowest BCUT2D eigenvalue weighted by Crippen LogP contribution is -2.19. The highest BCUT2D eigenvalue weighted by Crippen LogP contribution is 2.42. The smallest absolute Gasteiger partial charge is 0.246 e. The molecule has 2 aromatic carbocycles. The van der Waals surface area contributed by atoms with Crippen molar-refractivity contribution in [3.05, 3.63) is 71.4 Å². The van der Waals surface area contributed by atoms with Crippen LogP contribution in [0.3, 0.4) is 0 Å². The number of hydrogen-bond acceptors (Lipinski definition) is 7. The zero-order valence-electron chi connectivity index (χ0n) is 21.3. The van der Waals surface area contributed by atoms with Crippen LogP contribution >= 0.6 is 0 Å². The summed E-state index contributed by atoms with van der Waals surface area (Å²) in [6.07, 6.45) is 3.52. The highest BCUT2D eigenvalue weighted by Gasteiger charge is 2.28. The van der Waals surface area contributed by atoms with Crippen LogP contribution in [0.25, 0.3) is 45.2 Å². The second-order valence-electron chi connectivity index (χ2n) is 9.60. The minimum absolute atomic E-state index is 0.0684. The number of ether oxygens (including phenoxy) is 1. The van der Waals surface area contributed by atoms with Gasteiger partial charge in [-0.05, 0) is 54.3 Å². The van der Waals surface area contributed by atoms with E-state index in [1.54, 1.807) is 37.2 Å². The number of pyridine rings is 1. The average molecular weight is 535 g/mol. The van der Waals surface area contributed by atoms with E-state index in [1.807, 2.05) is 6.07 Å². The maximum absolute atomic E-state index is 15.0. The predicted molar refractivity (Wildman–Crippen MR) is 138 cm³/mol. The van der Waals surface area contributed by atoms with Gasteiger partial charge in [0.25, 0.3) is 0 Å². The Hall–Kier alpha value is -4.09. The van der Waals surface area contributed by atoms with Gasteiger partial charge in [-0.2, -0.15) is 4.39 Å². The first kappa shape index (κ1) is 25.2. The second-order valence-corrected chi connectivity index (χ2v) is 9.60. The first-order valence-electron chi connectivity index (χ1n) is 12.6. The monoisotopic (exact) mass is 534 g/mol. The number of benzene rings is 2. The molecule has 1 saturated carbocycles. The lowest BCUT2D eigenvalue weighted by atomic mass is 9.97. The van der Waals surface area contributed by atoms with E-state index in [0.717, 1.165) is 29.7 Å². The first-order chi connectivity index (χ1) is 18.9. The van der Waals surface area contributed by atoms with E-state index >= 15 is 0 Å². The fourth-order valence-corrected chi connectivity index (χ4v) is 4.58. The van der Waals surface area contributed by atoms with E-state index in [0.29, 0.717) is 30.2 Å². The van der Waals surface area contributed by atoms with E-state index in [9.17, 15) is 13.2 Å². The molecule has 1 N–H and O–H groups in total. The minimum Gasteiger partial charge on any atom is -0.431 e. The van der Waals surface area contributed by atoms with Gasteiger partial charge in [-0.3, -0.25) is 0 Å². The van der Waals surface area contributed by atoms with E-state index in [1.165, 1.54) is 18.2 Å². The van der Waals surface area contributed by atoms with Crippen LogP contribution in [0.15, 0.2) is 47.1 Å². The second kappa shape index (κ2) is 10.2. The van der Waals surface area contributed by atoms with Crippen LogP contribution < -0.4 is 5.32 Å². The summed E-state index contributed by atoms with van der Waals surface area (Å²) in [5.74, 6) is -1.66. The third kappa shape index (κ3) is 4.90. The number of nitrogens with one attached hydrogen (secondary N) is 1. The summed E-state index contributed by atoms with van der Waals surface area (Å²) < 4.78 is 56.5. The molecule has 0 amide bonds. The summed E-state index contributed by atoms with van der Waals surface area (Å²) >= 11 is 0. The van der Waals surface area contributed by atoms with Crippen molar-refractivity contribution in [2.75, 3.05) is 20.3 Å². The molecular formula is C28H25F3N6O2. The van der Waals surface area contributed by atoms with E-state index in [2.05, 4.69) is 20.5 Å². The van der Waals surface area contributed by atoms with Gasteiger partial charge in [0.15, 0.2) is 17.2 Å². The molecule has 0 spiro atoms. The quantitative estimate of drug-likeness (QED) is 0.254. The predicted octanol–water partition coefficient (Wildman–Crippen LogP) is 5.38. The Bertz CT molecular complexity index is 1680. The fourth-order valence-electron chi connectivity index (χ4n) is 4.58. The standard InChI is InChI=1S/C28H25F3N6O2/c1-37-14-33-36-27(37)20-12-18(29)5-6-19(20)16-9-21(15-3-4-15)34-23(10-16)28-35-22-11-17(13-32-7-8-38-2)24(30)25(31)26(22)39-28/h5-6,9-12,14-15,32H,3-4,7-8,13H2,1-2H3. The average Bonchev–Trinajstić information content (AvgIpc) is 3.56. The number of aromatic nitrogens is 5. The van der Waals surface area contributed by atoms with Gasteiger partial charge in [0.2, 0.25) is 11.7 Å². The molecule has 3 heterocycles. The van der Waals surface area contributed by atoms with Crippen LogP contribution in [-0.4, -0.2) is 45.0 Å². The minimum atomic E-state index is -1.10. The van der Waals surface area contributed by atoms with Crippen molar-refractivity contribution in [2.24, 2.45) is 7.05 Å². The lowest BCUT2D eigenvalue weighted by molar-refractivity contribution is 0.199. The molecule has 5 aromatic rings. The van der Waals surface area contributed by atoms with Crippen LogP contribution in [-0.2, 0) is 18.3 Å². The van der Waals surface area contributed by atoms with E-state index in [4.69, 9.17) is 14.1 Å². The van der Waals surface area contributed by atoms with Crippen molar-refractivity contribution in [1.82, 2.24) is 30.0 Å². The fraction of sp³-hybridized carbons (Fsp3) is 0.286. The summed E-state index contributed by atoms with van der Waals surface area (Å²) in [7, 11) is 3.35. The van der Waals surface area contributed by atoms with Crippen LogP contribution in [0.1, 0.15) is 30.0 Å². The molecule has 0 unspecified atom stereocenters. The van der Waals surface area contributed by atoms with Gasteiger partial charge in [-0.1, -0.05) is 6.07 Å². The highest BCUT2D eigenvalue weighted by molar-refractivity contribution is 5.83. The normalized spacial score (nSPS) is 13.5. The van der Waals surface area contributed by atoms with Gasteiger partial charge >= 0.3 is 0 Å². The Balaban J connectivity index is 1.45. The van der Waals surface area contributed by atoms with Gasteiger partial charge in [0.05, 0.1) is 6.61 Å². The van der Waals surface area contributed by atoms with Crippen molar-refractivity contribution in [2.45, 2.75) is 25.3 Å². The number of halogens is 3. The molecule has 39 heavy (non-hydrogen) atoms.